The van der Waals surface area contributed by atoms with E-state index in [0.29, 0.717) is 17.2 Å². The largest absolute Gasteiger partial charge is 0.272 e. The summed E-state index contributed by atoms with van der Waals surface area (Å²) >= 11 is 0. The molecule has 17 heavy (non-hydrogen) atoms. The van der Waals surface area contributed by atoms with E-state index in [9.17, 15) is 4.39 Å². The molecule has 3 aromatic rings. The van der Waals surface area contributed by atoms with Gasteiger partial charge in [0.05, 0.1) is 5.56 Å². The van der Waals surface area contributed by atoms with Gasteiger partial charge in [0.25, 0.3) is 5.78 Å². The summed E-state index contributed by atoms with van der Waals surface area (Å²) in [4.78, 5) is 4.21. The summed E-state index contributed by atoms with van der Waals surface area (Å²) in [6, 6.07) is 6.49. The Bertz CT molecular complexity index is 669. The predicted octanol–water partition coefficient (Wildman–Crippen LogP) is 1.82. The number of hydrogen-bond acceptors (Lipinski definition) is 3. The molecular formula is C11H10FN5. The van der Waals surface area contributed by atoms with Gasteiger partial charge >= 0.3 is 0 Å². The number of aromatic nitrogens is 5. The number of nitrogens with zero attached hydrogens (tertiary/aromatic N) is 4. The number of benzene rings is 1. The van der Waals surface area contributed by atoms with Gasteiger partial charge in [-0.25, -0.2) is 8.91 Å². The van der Waals surface area contributed by atoms with Crippen LogP contribution in [0.5, 0.6) is 0 Å². The molecule has 86 valence electrons. The molecule has 0 radical (unpaired) electrons. The summed E-state index contributed by atoms with van der Waals surface area (Å²) in [6.45, 7) is 1.97. The van der Waals surface area contributed by atoms with Crippen LogP contribution in [0.4, 0.5) is 4.39 Å². The smallest absolute Gasteiger partial charge is 0.272 e. The fourth-order valence-corrected chi connectivity index (χ4v) is 1.73. The quantitative estimate of drug-likeness (QED) is 0.731. The second kappa shape index (κ2) is 3.65. The lowest BCUT2D eigenvalue weighted by Crippen LogP contribution is -1.94. The van der Waals surface area contributed by atoms with Gasteiger partial charge in [0.2, 0.25) is 0 Å². The second-order valence-corrected chi connectivity index (χ2v) is 3.66. The third-order valence-electron chi connectivity index (χ3n) is 2.59. The SMILES string of the molecule is CCc1nnc2nc(-c3ccccc3F)[nH]n12. The molecule has 0 spiro atoms. The number of hydrogen-bond donors (Lipinski definition) is 1. The Morgan fingerprint density at radius 1 is 1.29 bits per heavy atom. The number of halogens is 1. The molecule has 0 amide bonds. The van der Waals surface area contributed by atoms with E-state index in [1.165, 1.54) is 6.07 Å². The minimum absolute atomic E-state index is 0.310. The van der Waals surface area contributed by atoms with E-state index in [0.717, 1.165) is 12.2 Å². The Morgan fingerprint density at radius 2 is 2.12 bits per heavy atom. The standard InChI is InChI=1S/C11H10FN5/c1-2-9-14-15-11-13-10(16-17(9)11)7-5-3-4-6-8(7)12/h3-6H,2H2,1H3,(H,13,15,16). The van der Waals surface area contributed by atoms with Crippen LogP contribution in [0.15, 0.2) is 24.3 Å². The van der Waals surface area contributed by atoms with Gasteiger partial charge in [-0.15, -0.1) is 10.2 Å². The van der Waals surface area contributed by atoms with Gasteiger partial charge in [0.1, 0.15) is 5.82 Å². The normalized spacial score (nSPS) is 11.2. The first-order valence-corrected chi connectivity index (χ1v) is 5.34. The zero-order chi connectivity index (χ0) is 11.8. The third-order valence-corrected chi connectivity index (χ3v) is 2.59. The number of H-pyrrole nitrogens is 1. The summed E-state index contributed by atoms with van der Waals surface area (Å²) in [5.41, 5.74) is 0.431. The molecule has 3 rings (SSSR count). The number of aromatic amines is 1. The lowest BCUT2D eigenvalue weighted by Gasteiger charge is -1.97. The molecule has 2 heterocycles. The van der Waals surface area contributed by atoms with E-state index in [-0.39, 0.29) is 5.82 Å². The molecule has 0 aliphatic carbocycles. The Kier molecular flexibility index (Phi) is 2.14. The predicted molar refractivity (Wildman–Crippen MR) is 59.9 cm³/mol. The zero-order valence-electron chi connectivity index (χ0n) is 9.18. The monoisotopic (exact) mass is 231 g/mol. The first kappa shape index (κ1) is 9.95. The van der Waals surface area contributed by atoms with Crippen molar-refractivity contribution in [2.75, 3.05) is 0 Å². The van der Waals surface area contributed by atoms with Crippen LogP contribution < -0.4 is 0 Å². The highest BCUT2D eigenvalue weighted by molar-refractivity contribution is 5.57. The molecule has 0 saturated carbocycles. The van der Waals surface area contributed by atoms with Crippen molar-refractivity contribution >= 4 is 5.78 Å². The van der Waals surface area contributed by atoms with Gasteiger partial charge in [0.15, 0.2) is 11.6 Å². The Balaban J connectivity index is 2.19. The van der Waals surface area contributed by atoms with Crippen LogP contribution in [-0.4, -0.2) is 24.8 Å². The van der Waals surface area contributed by atoms with Gasteiger partial charge in [-0.1, -0.05) is 19.1 Å². The molecule has 0 saturated heterocycles. The van der Waals surface area contributed by atoms with Crippen molar-refractivity contribution in [3.05, 3.63) is 35.9 Å². The van der Waals surface area contributed by atoms with Crippen molar-refractivity contribution in [3.63, 3.8) is 0 Å². The van der Waals surface area contributed by atoms with E-state index in [1.807, 2.05) is 6.92 Å². The summed E-state index contributed by atoms with van der Waals surface area (Å²) in [5, 5.41) is 10.9. The highest BCUT2D eigenvalue weighted by atomic mass is 19.1. The van der Waals surface area contributed by atoms with E-state index in [2.05, 4.69) is 20.3 Å². The van der Waals surface area contributed by atoms with Crippen molar-refractivity contribution < 1.29 is 4.39 Å². The third kappa shape index (κ3) is 1.49. The summed E-state index contributed by atoms with van der Waals surface area (Å²) in [5.74, 6) is 1.38. The number of fused-ring (bicyclic) bond motifs is 1. The van der Waals surface area contributed by atoms with Gasteiger partial charge in [-0.2, -0.15) is 4.98 Å². The first-order chi connectivity index (χ1) is 8.29. The Morgan fingerprint density at radius 3 is 2.88 bits per heavy atom. The van der Waals surface area contributed by atoms with E-state index in [1.54, 1.807) is 22.7 Å². The fourth-order valence-electron chi connectivity index (χ4n) is 1.73. The van der Waals surface area contributed by atoms with Gasteiger partial charge in [-0.05, 0) is 12.1 Å². The molecular weight excluding hydrogens is 221 g/mol. The summed E-state index contributed by atoms with van der Waals surface area (Å²) < 4.78 is 15.3. The molecule has 0 bridgehead atoms. The maximum absolute atomic E-state index is 13.6. The van der Waals surface area contributed by atoms with Crippen molar-refractivity contribution in [1.29, 1.82) is 0 Å². The average molecular weight is 231 g/mol. The van der Waals surface area contributed by atoms with Crippen LogP contribution in [0.2, 0.25) is 0 Å². The van der Waals surface area contributed by atoms with Crippen LogP contribution in [0, 0.1) is 5.82 Å². The molecule has 5 nitrogen and oxygen atoms in total. The molecule has 1 N–H and O–H groups in total. The number of aryl methyl sites for hydroxylation is 1. The zero-order valence-corrected chi connectivity index (χ0v) is 9.18. The van der Waals surface area contributed by atoms with Gasteiger partial charge < -0.3 is 0 Å². The molecule has 0 atom stereocenters. The van der Waals surface area contributed by atoms with Crippen molar-refractivity contribution in [3.8, 4) is 11.4 Å². The van der Waals surface area contributed by atoms with Gasteiger partial charge in [0, 0.05) is 6.42 Å². The molecule has 6 heteroatoms. The van der Waals surface area contributed by atoms with Crippen molar-refractivity contribution in [2.45, 2.75) is 13.3 Å². The number of nitrogens with one attached hydrogen (secondary N) is 1. The van der Waals surface area contributed by atoms with Crippen LogP contribution in [0.3, 0.4) is 0 Å². The van der Waals surface area contributed by atoms with Crippen LogP contribution in [0.1, 0.15) is 12.7 Å². The van der Waals surface area contributed by atoms with Crippen LogP contribution >= 0.6 is 0 Å². The lowest BCUT2D eigenvalue weighted by atomic mass is 10.2. The maximum atomic E-state index is 13.6. The first-order valence-electron chi connectivity index (χ1n) is 5.34. The maximum Gasteiger partial charge on any atom is 0.272 e. The highest BCUT2D eigenvalue weighted by Crippen LogP contribution is 2.19. The molecule has 0 aliphatic heterocycles. The molecule has 0 unspecified atom stereocenters. The minimum Gasteiger partial charge on any atom is -0.272 e. The number of rotatable bonds is 2. The van der Waals surface area contributed by atoms with Crippen LogP contribution in [-0.2, 0) is 6.42 Å². The van der Waals surface area contributed by atoms with Crippen molar-refractivity contribution in [1.82, 2.24) is 24.8 Å². The van der Waals surface area contributed by atoms with E-state index < -0.39 is 0 Å². The van der Waals surface area contributed by atoms with Crippen molar-refractivity contribution in [2.24, 2.45) is 0 Å². The Labute approximate surface area is 96.3 Å². The molecule has 1 aromatic carbocycles. The lowest BCUT2D eigenvalue weighted by molar-refractivity contribution is 0.629. The topological polar surface area (TPSA) is 58.9 Å². The second-order valence-electron chi connectivity index (χ2n) is 3.66. The van der Waals surface area contributed by atoms with E-state index >= 15 is 0 Å². The highest BCUT2D eigenvalue weighted by Gasteiger charge is 2.12. The summed E-state index contributed by atoms with van der Waals surface area (Å²) in [6.07, 6.45) is 0.736. The van der Waals surface area contributed by atoms with Gasteiger partial charge in [-0.3, -0.25) is 5.10 Å². The molecule has 0 aliphatic rings. The fraction of sp³-hybridized carbons (Fsp3) is 0.182. The van der Waals surface area contributed by atoms with E-state index in [4.69, 9.17) is 0 Å². The molecule has 2 aromatic heterocycles. The summed E-state index contributed by atoms with van der Waals surface area (Å²) in [7, 11) is 0. The Hall–Kier alpha value is -2.24. The minimum atomic E-state index is -0.310. The van der Waals surface area contributed by atoms with Crippen LogP contribution in [0.25, 0.3) is 17.2 Å². The molecule has 0 fully saturated rings. The average Bonchev–Trinajstić information content (AvgIpc) is 2.88.